The Kier molecular flexibility index (Phi) is 6.03. The van der Waals surface area contributed by atoms with Gasteiger partial charge in [-0.15, -0.1) is 11.3 Å². The number of carbonyl (C=O) groups is 1. The lowest BCUT2D eigenvalue weighted by molar-refractivity contribution is 0.102. The van der Waals surface area contributed by atoms with Crippen LogP contribution in [0.15, 0.2) is 59.6 Å². The highest BCUT2D eigenvalue weighted by molar-refractivity contribution is 7.89. The maximum Gasteiger partial charge on any atom is 0.257 e. The van der Waals surface area contributed by atoms with Crippen molar-refractivity contribution in [2.24, 2.45) is 0 Å². The van der Waals surface area contributed by atoms with Crippen molar-refractivity contribution in [3.8, 4) is 0 Å². The van der Waals surface area contributed by atoms with Gasteiger partial charge in [-0.2, -0.15) is 4.31 Å². The summed E-state index contributed by atoms with van der Waals surface area (Å²) in [6, 6.07) is 12.2. The van der Waals surface area contributed by atoms with Crippen LogP contribution in [0, 0.1) is 12.7 Å². The van der Waals surface area contributed by atoms with E-state index in [1.807, 2.05) is 11.8 Å². The van der Waals surface area contributed by atoms with Crippen molar-refractivity contribution in [1.29, 1.82) is 0 Å². The Morgan fingerprint density at radius 1 is 1.10 bits per heavy atom. The number of anilines is 2. The van der Waals surface area contributed by atoms with Crippen LogP contribution in [0.25, 0.3) is 0 Å². The van der Waals surface area contributed by atoms with Gasteiger partial charge in [0.2, 0.25) is 10.0 Å². The number of rotatable bonds is 5. The lowest BCUT2D eigenvalue weighted by Crippen LogP contribution is -2.48. The number of amides is 1. The Balaban J connectivity index is 1.46. The van der Waals surface area contributed by atoms with Gasteiger partial charge in [-0.1, -0.05) is 6.07 Å². The first-order chi connectivity index (χ1) is 14.8. The Bertz CT molecular complexity index is 1190. The van der Waals surface area contributed by atoms with Gasteiger partial charge in [0.05, 0.1) is 4.90 Å². The van der Waals surface area contributed by atoms with E-state index in [1.165, 1.54) is 39.9 Å². The van der Waals surface area contributed by atoms with Crippen LogP contribution in [0.5, 0.6) is 0 Å². The molecule has 162 valence electrons. The van der Waals surface area contributed by atoms with E-state index in [0.717, 1.165) is 10.6 Å². The number of hydrogen-bond acceptors (Lipinski definition) is 6. The van der Waals surface area contributed by atoms with E-state index in [1.54, 1.807) is 30.5 Å². The zero-order valence-electron chi connectivity index (χ0n) is 16.8. The minimum atomic E-state index is -3.75. The van der Waals surface area contributed by atoms with Crippen LogP contribution in [-0.2, 0) is 10.0 Å². The highest BCUT2D eigenvalue weighted by Gasteiger charge is 2.29. The minimum absolute atomic E-state index is 0.0747. The SMILES string of the molecule is Cc1cnc(NC(=O)c2cccc(S(=O)(=O)N3CCN(c4ccc(F)cc4)CC3)c2)s1. The average molecular weight is 461 g/mol. The number of sulfonamides is 1. The van der Waals surface area contributed by atoms with E-state index in [2.05, 4.69) is 10.3 Å². The van der Waals surface area contributed by atoms with Crippen molar-refractivity contribution in [1.82, 2.24) is 9.29 Å². The molecule has 2 heterocycles. The number of hydrogen-bond donors (Lipinski definition) is 1. The number of aromatic nitrogens is 1. The number of nitrogens with zero attached hydrogens (tertiary/aromatic N) is 3. The van der Waals surface area contributed by atoms with Gasteiger partial charge in [0, 0.05) is 48.5 Å². The number of benzene rings is 2. The van der Waals surface area contributed by atoms with Crippen LogP contribution in [0.3, 0.4) is 0 Å². The van der Waals surface area contributed by atoms with Gasteiger partial charge in [0.15, 0.2) is 5.13 Å². The topological polar surface area (TPSA) is 82.6 Å². The van der Waals surface area contributed by atoms with E-state index in [-0.39, 0.29) is 16.3 Å². The molecule has 0 bridgehead atoms. The second-order valence-electron chi connectivity index (χ2n) is 7.13. The molecule has 7 nitrogen and oxygen atoms in total. The molecule has 0 unspecified atom stereocenters. The van der Waals surface area contributed by atoms with Crippen molar-refractivity contribution < 1.29 is 17.6 Å². The fourth-order valence-corrected chi connectivity index (χ4v) is 5.50. The van der Waals surface area contributed by atoms with Crippen LogP contribution in [-0.4, -0.2) is 49.8 Å². The summed E-state index contributed by atoms with van der Waals surface area (Å²) in [6.07, 6.45) is 1.66. The zero-order valence-corrected chi connectivity index (χ0v) is 18.4. The van der Waals surface area contributed by atoms with Crippen molar-refractivity contribution in [2.45, 2.75) is 11.8 Å². The van der Waals surface area contributed by atoms with Gasteiger partial charge in [0.1, 0.15) is 5.82 Å². The third-order valence-electron chi connectivity index (χ3n) is 5.01. The first kappa shape index (κ1) is 21.4. The van der Waals surface area contributed by atoms with E-state index < -0.39 is 15.9 Å². The fourth-order valence-electron chi connectivity index (χ4n) is 3.37. The maximum atomic E-state index is 13.1. The smallest absolute Gasteiger partial charge is 0.257 e. The molecule has 1 amide bonds. The summed E-state index contributed by atoms with van der Waals surface area (Å²) in [6.45, 7) is 3.47. The fraction of sp³-hybridized carbons (Fsp3) is 0.238. The molecule has 10 heteroatoms. The molecule has 0 atom stereocenters. The quantitative estimate of drug-likeness (QED) is 0.631. The third-order valence-corrected chi connectivity index (χ3v) is 7.73. The summed E-state index contributed by atoms with van der Waals surface area (Å²) >= 11 is 1.35. The molecule has 4 rings (SSSR count). The van der Waals surface area contributed by atoms with Crippen molar-refractivity contribution in [2.75, 3.05) is 36.4 Å². The second-order valence-corrected chi connectivity index (χ2v) is 10.3. The van der Waals surface area contributed by atoms with Crippen molar-refractivity contribution in [3.63, 3.8) is 0 Å². The zero-order chi connectivity index (χ0) is 22.0. The molecular weight excluding hydrogens is 439 g/mol. The van der Waals surface area contributed by atoms with Crippen LogP contribution in [0.1, 0.15) is 15.2 Å². The second kappa shape index (κ2) is 8.74. The number of carbonyl (C=O) groups excluding carboxylic acids is 1. The largest absolute Gasteiger partial charge is 0.369 e. The molecule has 0 aliphatic carbocycles. The van der Waals surface area contributed by atoms with Crippen LogP contribution >= 0.6 is 11.3 Å². The van der Waals surface area contributed by atoms with Crippen LogP contribution < -0.4 is 10.2 Å². The summed E-state index contributed by atoms with van der Waals surface area (Å²) in [5, 5.41) is 3.16. The molecule has 1 aromatic heterocycles. The predicted octanol–water partition coefficient (Wildman–Crippen LogP) is 3.35. The molecule has 2 aromatic carbocycles. The molecular formula is C21H21FN4O3S2. The summed E-state index contributed by atoms with van der Waals surface area (Å²) in [7, 11) is -3.75. The molecule has 1 aliphatic rings. The normalized spacial score (nSPS) is 15.1. The number of piperazine rings is 1. The number of thiazole rings is 1. The molecule has 1 saturated heterocycles. The van der Waals surface area contributed by atoms with Gasteiger partial charge in [-0.05, 0) is 49.4 Å². The van der Waals surface area contributed by atoms with E-state index in [9.17, 15) is 17.6 Å². The Hall–Kier alpha value is -2.82. The summed E-state index contributed by atoms with van der Waals surface area (Å²) in [4.78, 5) is 19.7. The van der Waals surface area contributed by atoms with Gasteiger partial charge in [0.25, 0.3) is 5.91 Å². The lowest BCUT2D eigenvalue weighted by atomic mass is 10.2. The van der Waals surface area contributed by atoms with Crippen molar-refractivity contribution in [3.05, 3.63) is 71.0 Å². The Morgan fingerprint density at radius 2 is 1.81 bits per heavy atom. The highest BCUT2D eigenvalue weighted by Crippen LogP contribution is 2.23. The van der Waals surface area contributed by atoms with E-state index in [0.29, 0.717) is 31.3 Å². The molecule has 3 aromatic rings. The first-order valence-electron chi connectivity index (χ1n) is 9.67. The molecule has 1 aliphatic heterocycles. The summed E-state index contributed by atoms with van der Waals surface area (Å²) in [5.41, 5.74) is 1.11. The Labute approximate surface area is 184 Å². The van der Waals surface area contributed by atoms with Crippen LogP contribution in [0.4, 0.5) is 15.2 Å². The van der Waals surface area contributed by atoms with E-state index in [4.69, 9.17) is 0 Å². The standard InChI is InChI=1S/C21H21FN4O3S2/c1-15-14-23-21(30-15)24-20(27)16-3-2-4-19(13-16)31(28,29)26-11-9-25(10-12-26)18-7-5-17(22)6-8-18/h2-8,13-14H,9-12H2,1H3,(H,23,24,27). The van der Waals surface area contributed by atoms with E-state index >= 15 is 0 Å². The molecule has 1 N–H and O–H groups in total. The van der Waals surface area contributed by atoms with Gasteiger partial charge >= 0.3 is 0 Å². The summed E-state index contributed by atoms with van der Waals surface area (Å²) in [5.74, 6) is -0.716. The minimum Gasteiger partial charge on any atom is -0.369 e. The number of aryl methyl sites for hydroxylation is 1. The first-order valence-corrected chi connectivity index (χ1v) is 11.9. The molecule has 0 spiro atoms. The van der Waals surface area contributed by atoms with Crippen molar-refractivity contribution >= 4 is 38.1 Å². The predicted molar refractivity (Wildman–Crippen MR) is 119 cm³/mol. The number of nitrogens with one attached hydrogen (secondary N) is 1. The number of halogens is 1. The molecule has 1 fully saturated rings. The maximum absolute atomic E-state index is 13.1. The summed E-state index contributed by atoms with van der Waals surface area (Å²) < 4.78 is 40.8. The molecule has 0 radical (unpaired) electrons. The monoisotopic (exact) mass is 460 g/mol. The van der Waals surface area contributed by atoms with Gasteiger partial charge in [-0.3, -0.25) is 10.1 Å². The highest BCUT2D eigenvalue weighted by atomic mass is 32.2. The van der Waals surface area contributed by atoms with Gasteiger partial charge in [-0.25, -0.2) is 17.8 Å². The molecule has 0 saturated carbocycles. The van der Waals surface area contributed by atoms with Gasteiger partial charge < -0.3 is 4.90 Å². The lowest BCUT2D eigenvalue weighted by Gasteiger charge is -2.35. The Morgan fingerprint density at radius 3 is 2.45 bits per heavy atom. The third kappa shape index (κ3) is 4.76. The average Bonchev–Trinajstić information content (AvgIpc) is 3.19. The van der Waals surface area contributed by atoms with Crippen LogP contribution in [0.2, 0.25) is 0 Å². The molecule has 31 heavy (non-hydrogen) atoms.